The number of hydrogen-bond donors (Lipinski definition) is 0. The Balaban J connectivity index is 2.88. The van der Waals surface area contributed by atoms with Gasteiger partial charge in [-0.3, -0.25) is 0 Å². The lowest BCUT2D eigenvalue weighted by Gasteiger charge is -1.90. The van der Waals surface area contributed by atoms with E-state index in [-0.39, 0.29) is 5.02 Å². The number of nitrogens with zero attached hydrogens (tertiary/aromatic N) is 1. The predicted molar refractivity (Wildman–Crippen MR) is 43.7 cm³/mol. The molecule has 4 heteroatoms. The van der Waals surface area contributed by atoms with Gasteiger partial charge in [-0.15, -0.1) is 0 Å². The zero-order valence-electron chi connectivity index (χ0n) is 6.27. The molecule has 0 aliphatic heterocycles. The molecule has 2 aromatic rings. The molecule has 0 bridgehead atoms. The first-order valence-electron chi connectivity index (χ1n) is 3.39. The van der Waals surface area contributed by atoms with E-state index in [2.05, 4.69) is 4.98 Å². The highest BCUT2D eigenvalue weighted by atomic mass is 35.5. The second kappa shape index (κ2) is 2.45. The van der Waals surface area contributed by atoms with Crippen LogP contribution in [-0.2, 0) is 0 Å². The fourth-order valence-corrected chi connectivity index (χ4v) is 1.31. The molecule has 0 fully saturated rings. The summed E-state index contributed by atoms with van der Waals surface area (Å²) in [5, 5.41) is 0.255. The molecule has 0 aliphatic rings. The molecule has 1 aromatic heterocycles. The van der Waals surface area contributed by atoms with Gasteiger partial charge in [0.15, 0.2) is 11.5 Å². The normalized spacial score (nSPS) is 10.9. The number of aromatic nitrogens is 1. The summed E-state index contributed by atoms with van der Waals surface area (Å²) < 4.78 is 17.9. The van der Waals surface area contributed by atoms with Gasteiger partial charge in [0.05, 0.1) is 5.02 Å². The van der Waals surface area contributed by atoms with E-state index < -0.39 is 5.82 Å². The highest BCUT2D eigenvalue weighted by molar-refractivity contribution is 6.34. The zero-order chi connectivity index (χ0) is 8.72. The molecule has 0 unspecified atom stereocenters. The van der Waals surface area contributed by atoms with Crippen molar-refractivity contribution < 1.29 is 8.81 Å². The Kier molecular flexibility index (Phi) is 1.54. The molecule has 1 aromatic carbocycles. The lowest BCUT2D eigenvalue weighted by Crippen LogP contribution is -1.75. The quantitative estimate of drug-likeness (QED) is 0.631. The molecule has 12 heavy (non-hydrogen) atoms. The molecule has 1 heterocycles. The van der Waals surface area contributed by atoms with Gasteiger partial charge in [0.25, 0.3) is 0 Å². The summed E-state index contributed by atoms with van der Waals surface area (Å²) >= 11 is 5.70. The van der Waals surface area contributed by atoms with Crippen LogP contribution in [0, 0.1) is 12.7 Å². The molecule has 0 amide bonds. The number of fused-ring (bicyclic) bond motifs is 1. The average molecular weight is 186 g/mol. The summed E-state index contributed by atoms with van der Waals surface area (Å²) in [6, 6.07) is 2.49. The van der Waals surface area contributed by atoms with Crippen LogP contribution in [0.2, 0.25) is 5.02 Å². The minimum atomic E-state index is -0.402. The molecule has 0 saturated carbocycles. The van der Waals surface area contributed by atoms with Crippen molar-refractivity contribution in [2.75, 3.05) is 0 Å². The van der Waals surface area contributed by atoms with Gasteiger partial charge in [0.1, 0.15) is 11.3 Å². The van der Waals surface area contributed by atoms with E-state index in [1.54, 1.807) is 6.92 Å². The van der Waals surface area contributed by atoms with Crippen molar-refractivity contribution in [3.63, 3.8) is 0 Å². The van der Waals surface area contributed by atoms with Crippen molar-refractivity contribution in [3.05, 3.63) is 28.9 Å². The summed E-state index contributed by atoms with van der Waals surface area (Å²) in [6.45, 7) is 1.69. The lowest BCUT2D eigenvalue weighted by molar-refractivity contribution is 0.560. The highest BCUT2D eigenvalue weighted by Crippen LogP contribution is 2.25. The minimum Gasteiger partial charge on any atom is -0.439 e. The van der Waals surface area contributed by atoms with Gasteiger partial charge >= 0.3 is 0 Å². The minimum absolute atomic E-state index is 0.255. The Morgan fingerprint density at radius 2 is 2.25 bits per heavy atom. The van der Waals surface area contributed by atoms with E-state index in [9.17, 15) is 4.39 Å². The molecule has 62 valence electrons. The first kappa shape index (κ1) is 7.55. The molecule has 0 aliphatic carbocycles. The number of benzene rings is 1. The highest BCUT2D eigenvalue weighted by Gasteiger charge is 2.07. The largest absolute Gasteiger partial charge is 0.439 e. The van der Waals surface area contributed by atoms with Gasteiger partial charge in [0, 0.05) is 13.0 Å². The molecule has 0 saturated heterocycles. The number of oxazole rings is 1. The Morgan fingerprint density at radius 1 is 1.50 bits per heavy atom. The van der Waals surface area contributed by atoms with Crippen molar-refractivity contribution in [2.24, 2.45) is 0 Å². The topological polar surface area (TPSA) is 26.0 Å². The van der Waals surface area contributed by atoms with Crippen LogP contribution in [0.15, 0.2) is 16.5 Å². The van der Waals surface area contributed by atoms with E-state index in [0.717, 1.165) is 0 Å². The van der Waals surface area contributed by atoms with E-state index in [1.807, 2.05) is 0 Å². The van der Waals surface area contributed by atoms with Crippen LogP contribution < -0.4 is 0 Å². The van der Waals surface area contributed by atoms with Gasteiger partial charge in [-0.1, -0.05) is 11.6 Å². The second-order valence-corrected chi connectivity index (χ2v) is 2.88. The van der Waals surface area contributed by atoms with Gasteiger partial charge in [0.2, 0.25) is 0 Å². The molecule has 0 N–H and O–H groups in total. The van der Waals surface area contributed by atoms with Crippen molar-refractivity contribution in [1.82, 2.24) is 4.98 Å². The summed E-state index contributed by atoms with van der Waals surface area (Å²) in [5.41, 5.74) is 0.896. The predicted octanol–water partition coefficient (Wildman–Crippen LogP) is 2.93. The zero-order valence-corrected chi connectivity index (χ0v) is 7.02. The Hall–Kier alpha value is -1.09. The fourth-order valence-electron chi connectivity index (χ4n) is 1.07. The summed E-state index contributed by atoms with van der Waals surface area (Å²) in [6.07, 6.45) is 0. The number of halogens is 2. The smallest absolute Gasteiger partial charge is 0.192 e. The van der Waals surface area contributed by atoms with Crippen LogP contribution in [0.3, 0.4) is 0 Å². The summed E-state index contributed by atoms with van der Waals surface area (Å²) in [7, 11) is 0. The van der Waals surface area contributed by atoms with Crippen LogP contribution in [0.4, 0.5) is 4.39 Å². The molecular weight excluding hydrogens is 181 g/mol. The first-order chi connectivity index (χ1) is 5.66. The molecule has 0 radical (unpaired) electrons. The van der Waals surface area contributed by atoms with Crippen LogP contribution in [0.25, 0.3) is 11.1 Å². The summed E-state index contributed by atoms with van der Waals surface area (Å²) in [4.78, 5) is 3.94. The molecule has 2 rings (SSSR count). The molecular formula is C8H5ClFNO. The third-order valence-corrected chi connectivity index (χ3v) is 1.80. The van der Waals surface area contributed by atoms with Crippen LogP contribution in [-0.4, -0.2) is 4.98 Å². The van der Waals surface area contributed by atoms with Crippen LogP contribution in [0.5, 0.6) is 0 Å². The van der Waals surface area contributed by atoms with E-state index in [0.29, 0.717) is 17.0 Å². The maximum absolute atomic E-state index is 12.7. The molecule has 0 atom stereocenters. The van der Waals surface area contributed by atoms with Gasteiger partial charge in [-0.2, -0.15) is 0 Å². The number of hydrogen-bond acceptors (Lipinski definition) is 2. The monoisotopic (exact) mass is 185 g/mol. The Labute approximate surface area is 73.0 Å². The van der Waals surface area contributed by atoms with Crippen molar-refractivity contribution in [2.45, 2.75) is 6.92 Å². The summed E-state index contributed by atoms with van der Waals surface area (Å²) in [5.74, 6) is 0.0818. The van der Waals surface area contributed by atoms with Crippen molar-refractivity contribution in [3.8, 4) is 0 Å². The van der Waals surface area contributed by atoms with Crippen LogP contribution >= 0.6 is 11.6 Å². The van der Waals surface area contributed by atoms with E-state index >= 15 is 0 Å². The fraction of sp³-hybridized carbons (Fsp3) is 0.125. The Morgan fingerprint density at radius 3 is 3.00 bits per heavy atom. The second-order valence-electron chi connectivity index (χ2n) is 2.47. The molecule has 0 spiro atoms. The van der Waals surface area contributed by atoms with Crippen LogP contribution in [0.1, 0.15) is 5.89 Å². The van der Waals surface area contributed by atoms with Crippen molar-refractivity contribution in [1.29, 1.82) is 0 Å². The third-order valence-electron chi connectivity index (χ3n) is 1.52. The van der Waals surface area contributed by atoms with E-state index in [1.165, 1.54) is 12.1 Å². The first-order valence-corrected chi connectivity index (χ1v) is 3.77. The number of rotatable bonds is 0. The average Bonchev–Trinajstić information content (AvgIpc) is 2.29. The molecule has 2 nitrogen and oxygen atoms in total. The standard InChI is InChI=1S/C8H5ClFNO/c1-4-11-7-3-5(10)2-6(9)8(7)12-4/h2-3H,1H3. The maximum atomic E-state index is 12.7. The van der Waals surface area contributed by atoms with Gasteiger partial charge in [-0.05, 0) is 6.07 Å². The number of aryl methyl sites for hydroxylation is 1. The van der Waals surface area contributed by atoms with Gasteiger partial charge < -0.3 is 4.42 Å². The maximum Gasteiger partial charge on any atom is 0.192 e. The van der Waals surface area contributed by atoms with E-state index in [4.69, 9.17) is 16.0 Å². The van der Waals surface area contributed by atoms with Gasteiger partial charge in [-0.25, -0.2) is 9.37 Å². The Bertz CT molecular complexity index is 438. The SMILES string of the molecule is Cc1nc2cc(F)cc(Cl)c2o1. The third kappa shape index (κ3) is 1.06. The van der Waals surface area contributed by atoms with Crippen molar-refractivity contribution >= 4 is 22.7 Å². The lowest BCUT2D eigenvalue weighted by atomic mass is 10.3.